The first-order valence-electron chi connectivity index (χ1n) is 7.92. The summed E-state index contributed by atoms with van der Waals surface area (Å²) < 4.78 is 0.982. The first-order valence-corrected chi connectivity index (χ1v) is 8.72. The third-order valence-corrected chi connectivity index (χ3v) is 4.70. The summed E-state index contributed by atoms with van der Waals surface area (Å²) in [5.41, 5.74) is 2.50. The molecule has 0 aliphatic carbocycles. The molecule has 1 unspecified atom stereocenters. The van der Waals surface area contributed by atoms with Crippen molar-refractivity contribution in [3.8, 4) is 6.07 Å². The molecule has 0 aliphatic rings. The average Bonchev–Trinajstić information content (AvgIpc) is 2.59. The van der Waals surface area contributed by atoms with Gasteiger partial charge < -0.3 is 4.90 Å². The molecule has 1 heterocycles. The predicted molar refractivity (Wildman–Crippen MR) is 97.6 cm³/mol. The number of amides is 1. The van der Waals surface area contributed by atoms with E-state index in [9.17, 15) is 4.79 Å². The summed E-state index contributed by atoms with van der Waals surface area (Å²) in [6.07, 6.45) is 0.857. The summed E-state index contributed by atoms with van der Waals surface area (Å²) >= 11 is 3.56. The zero-order chi connectivity index (χ0) is 17.7. The Bertz CT molecular complexity index is 782. The highest BCUT2D eigenvalue weighted by atomic mass is 79.9. The third kappa shape index (κ3) is 3.82. The van der Waals surface area contributed by atoms with Crippen molar-refractivity contribution in [2.24, 2.45) is 0 Å². The van der Waals surface area contributed by atoms with Crippen molar-refractivity contribution >= 4 is 21.8 Å². The Labute approximate surface area is 151 Å². The fraction of sp³-hybridized carbons (Fsp3) is 0.316. The number of benzene rings is 1. The topological polar surface area (TPSA) is 57.0 Å². The van der Waals surface area contributed by atoms with E-state index in [1.165, 1.54) is 0 Å². The van der Waals surface area contributed by atoms with E-state index in [-0.39, 0.29) is 11.9 Å². The lowest BCUT2D eigenvalue weighted by atomic mass is 10.1. The molecule has 2 aromatic rings. The average molecular weight is 386 g/mol. The van der Waals surface area contributed by atoms with Crippen molar-refractivity contribution in [1.82, 2.24) is 9.88 Å². The smallest absolute Gasteiger partial charge is 0.272 e. The van der Waals surface area contributed by atoms with Crippen molar-refractivity contribution in [2.75, 3.05) is 6.54 Å². The number of nitrogens with zero attached hydrogens (tertiary/aromatic N) is 3. The Hall–Kier alpha value is -2.19. The molecule has 1 atom stereocenters. The number of hydrogen-bond donors (Lipinski definition) is 0. The molecule has 1 aromatic heterocycles. The molecule has 0 N–H and O–H groups in total. The Morgan fingerprint density at radius 2 is 2.04 bits per heavy atom. The highest BCUT2D eigenvalue weighted by Crippen LogP contribution is 2.28. The van der Waals surface area contributed by atoms with E-state index in [1.807, 2.05) is 43.0 Å². The van der Waals surface area contributed by atoms with Gasteiger partial charge in [-0.2, -0.15) is 5.26 Å². The van der Waals surface area contributed by atoms with Gasteiger partial charge in [0.2, 0.25) is 0 Å². The van der Waals surface area contributed by atoms with Gasteiger partial charge >= 0.3 is 0 Å². The monoisotopic (exact) mass is 385 g/mol. The lowest BCUT2D eigenvalue weighted by Crippen LogP contribution is -2.35. The van der Waals surface area contributed by atoms with Crippen LogP contribution in [0.1, 0.15) is 53.6 Å². The van der Waals surface area contributed by atoms with Crippen LogP contribution in [0.3, 0.4) is 0 Å². The van der Waals surface area contributed by atoms with E-state index >= 15 is 0 Å². The molecule has 0 saturated carbocycles. The SMILES string of the molecule is CCCN(C(=O)c1ccc(C#N)c(C)n1)C(C)c1ccccc1Br. The Morgan fingerprint density at radius 3 is 2.62 bits per heavy atom. The number of aromatic nitrogens is 1. The van der Waals surface area contributed by atoms with Gasteiger partial charge in [0.15, 0.2) is 0 Å². The lowest BCUT2D eigenvalue weighted by molar-refractivity contribution is 0.0684. The molecule has 0 fully saturated rings. The van der Waals surface area contributed by atoms with E-state index in [0.717, 1.165) is 16.5 Å². The highest BCUT2D eigenvalue weighted by Gasteiger charge is 2.24. The molecule has 0 bridgehead atoms. The minimum absolute atomic E-state index is 0.0780. The van der Waals surface area contributed by atoms with Crippen molar-refractivity contribution in [3.05, 3.63) is 63.4 Å². The summed E-state index contributed by atoms with van der Waals surface area (Å²) in [5.74, 6) is -0.118. The van der Waals surface area contributed by atoms with Crippen LogP contribution in [0.4, 0.5) is 0 Å². The Morgan fingerprint density at radius 1 is 1.33 bits per heavy atom. The molecule has 2 rings (SSSR count). The van der Waals surface area contributed by atoms with Gasteiger partial charge in [0.1, 0.15) is 11.8 Å². The van der Waals surface area contributed by atoms with Gasteiger partial charge in [-0.1, -0.05) is 41.1 Å². The van der Waals surface area contributed by atoms with E-state index < -0.39 is 0 Å². The minimum atomic E-state index is -0.118. The zero-order valence-corrected chi connectivity index (χ0v) is 15.7. The maximum absolute atomic E-state index is 13.0. The van der Waals surface area contributed by atoms with Crippen LogP contribution >= 0.6 is 15.9 Å². The second kappa shape index (κ2) is 8.07. The molecule has 1 amide bonds. The third-order valence-electron chi connectivity index (χ3n) is 3.97. The summed E-state index contributed by atoms with van der Waals surface area (Å²) in [4.78, 5) is 19.1. The fourth-order valence-electron chi connectivity index (χ4n) is 2.64. The van der Waals surface area contributed by atoms with Crippen LogP contribution in [-0.4, -0.2) is 22.3 Å². The first kappa shape index (κ1) is 18.2. The second-order valence-electron chi connectivity index (χ2n) is 5.64. The molecular weight excluding hydrogens is 366 g/mol. The van der Waals surface area contributed by atoms with Gasteiger partial charge in [-0.15, -0.1) is 0 Å². The second-order valence-corrected chi connectivity index (χ2v) is 6.49. The van der Waals surface area contributed by atoms with Crippen LogP contribution in [0, 0.1) is 18.3 Å². The summed E-state index contributed by atoms with van der Waals surface area (Å²) in [7, 11) is 0. The molecular formula is C19H20BrN3O. The van der Waals surface area contributed by atoms with Gasteiger partial charge in [0.25, 0.3) is 5.91 Å². The van der Waals surface area contributed by atoms with E-state index in [2.05, 4.69) is 27.0 Å². The minimum Gasteiger partial charge on any atom is -0.331 e. The normalized spacial score (nSPS) is 11.6. The molecule has 0 spiro atoms. The number of pyridine rings is 1. The highest BCUT2D eigenvalue weighted by molar-refractivity contribution is 9.10. The summed E-state index contributed by atoms with van der Waals surface area (Å²) in [6, 6.07) is 13.2. The molecule has 0 radical (unpaired) electrons. The molecule has 4 nitrogen and oxygen atoms in total. The van der Waals surface area contributed by atoms with Crippen LogP contribution in [0.25, 0.3) is 0 Å². The summed E-state index contributed by atoms with van der Waals surface area (Å²) in [5, 5.41) is 9.02. The van der Waals surface area contributed by atoms with E-state index in [4.69, 9.17) is 5.26 Å². The fourth-order valence-corrected chi connectivity index (χ4v) is 3.26. The number of carbonyl (C=O) groups excluding carboxylic acids is 1. The molecule has 24 heavy (non-hydrogen) atoms. The maximum atomic E-state index is 13.0. The first-order chi connectivity index (χ1) is 11.5. The van der Waals surface area contributed by atoms with Crippen LogP contribution < -0.4 is 0 Å². The van der Waals surface area contributed by atoms with E-state index in [0.29, 0.717) is 23.5 Å². The lowest BCUT2D eigenvalue weighted by Gasteiger charge is -2.30. The van der Waals surface area contributed by atoms with Gasteiger partial charge in [-0.25, -0.2) is 4.98 Å². The number of halogens is 1. The summed E-state index contributed by atoms with van der Waals surface area (Å²) in [6.45, 7) is 6.45. The molecule has 124 valence electrons. The van der Waals surface area contributed by atoms with Crippen molar-refractivity contribution in [2.45, 2.75) is 33.2 Å². The van der Waals surface area contributed by atoms with Crippen LogP contribution in [0.15, 0.2) is 40.9 Å². The Balaban J connectivity index is 2.36. The van der Waals surface area contributed by atoms with Gasteiger partial charge in [-0.05, 0) is 44.0 Å². The van der Waals surface area contributed by atoms with Crippen LogP contribution in [-0.2, 0) is 0 Å². The zero-order valence-electron chi connectivity index (χ0n) is 14.1. The largest absolute Gasteiger partial charge is 0.331 e. The van der Waals surface area contributed by atoms with Crippen molar-refractivity contribution in [1.29, 1.82) is 5.26 Å². The van der Waals surface area contributed by atoms with E-state index in [1.54, 1.807) is 19.1 Å². The number of nitriles is 1. The van der Waals surface area contributed by atoms with Crippen molar-refractivity contribution in [3.63, 3.8) is 0 Å². The molecule has 0 aliphatic heterocycles. The molecule has 0 saturated heterocycles. The van der Waals surface area contributed by atoms with Crippen LogP contribution in [0.5, 0.6) is 0 Å². The quantitative estimate of drug-likeness (QED) is 0.753. The predicted octanol–water partition coefficient (Wildman–Crippen LogP) is 4.64. The van der Waals surface area contributed by atoms with Gasteiger partial charge in [0.05, 0.1) is 17.3 Å². The number of rotatable bonds is 5. The van der Waals surface area contributed by atoms with Crippen molar-refractivity contribution < 1.29 is 4.79 Å². The number of hydrogen-bond acceptors (Lipinski definition) is 3. The number of carbonyl (C=O) groups is 1. The standard InChI is InChI=1S/C19H20BrN3O/c1-4-11-23(14(3)16-7-5-6-8-17(16)20)19(24)18-10-9-15(12-21)13(2)22-18/h5-10,14H,4,11H2,1-3H3. The number of aryl methyl sites for hydroxylation is 1. The van der Waals surface area contributed by atoms with Crippen LogP contribution in [0.2, 0.25) is 0 Å². The van der Waals surface area contributed by atoms with Gasteiger partial charge in [-0.3, -0.25) is 4.79 Å². The Kier molecular flexibility index (Phi) is 6.10. The molecule has 5 heteroatoms. The maximum Gasteiger partial charge on any atom is 0.272 e. The van der Waals surface area contributed by atoms with Gasteiger partial charge in [0, 0.05) is 11.0 Å². The molecule has 1 aromatic carbocycles.